The van der Waals surface area contributed by atoms with E-state index < -0.39 is 6.23 Å². The molecule has 3 aromatic carbocycles. The molecule has 2 atom stereocenters. The SMILES string of the molecule is COc1ccc(C2=NN3C(C2)c2cc(Cl)cc(Cl)c2OC3c2ccc(OC)c(OC)c2)cc1. The Hall–Kier alpha value is -3.09. The van der Waals surface area contributed by atoms with Crippen molar-refractivity contribution in [2.75, 3.05) is 21.3 Å². The van der Waals surface area contributed by atoms with Crippen LogP contribution in [0, 0.1) is 0 Å². The van der Waals surface area contributed by atoms with Gasteiger partial charge in [-0.15, -0.1) is 0 Å². The van der Waals surface area contributed by atoms with Crippen LogP contribution in [0.1, 0.15) is 35.4 Å². The highest BCUT2D eigenvalue weighted by molar-refractivity contribution is 6.35. The Morgan fingerprint density at radius 3 is 2.36 bits per heavy atom. The third kappa shape index (κ3) is 3.83. The fourth-order valence-electron chi connectivity index (χ4n) is 4.30. The van der Waals surface area contributed by atoms with E-state index in [4.69, 9.17) is 47.3 Å². The third-order valence-electron chi connectivity index (χ3n) is 5.92. The average molecular weight is 485 g/mol. The summed E-state index contributed by atoms with van der Waals surface area (Å²) in [7, 11) is 4.87. The average Bonchev–Trinajstić information content (AvgIpc) is 3.29. The van der Waals surface area contributed by atoms with Crippen LogP contribution in [0.25, 0.3) is 0 Å². The topological polar surface area (TPSA) is 52.5 Å². The Morgan fingerprint density at radius 1 is 0.909 bits per heavy atom. The monoisotopic (exact) mass is 484 g/mol. The normalized spacial score (nSPS) is 18.7. The summed E-state index contributed by atoms with van der Waals surface area (Å²) in [6, 6.07) is 17.1. The molecule has 6 nitrogen and oxygen atoms in total. The quantitative estimate of drug-likeness (QED) is 0.427. The van der Waals surface area contributed by atoms with E-state index in [0.29, 0.717) is 33.7 Å². The molecule has 0 fully saturated rings. The lowest BCUT2D eigenvalue weighted by atomic mass is 9.95. The summed E-state index contributed by atoms with van der Waals surface area (Å²) >= 11 is 12.9. The highest BCUT2D eigenvalue weighted by Crippen LogP contribution is 2.51. The standard InChI is InChI=1S/C25H22Cl2N2O4/c1-30-17-7-4-14(5-8-17)20-13-21-18-11-16(26)12-19(27)24(18)33-25(29(21)28-20)15-6-9-22(31-2)23(10-15)32-3/h4-12,21,25H,13H2,1-3H3. The predicted octanol–water partition coefficient (Wildman–Crippen LogP) is 6.26. The lowest BCUT2D eigenvalue weighted by molar-refractivity contribution is -0.0190. The molecule has 0 aliphatic carbocycles. The summed E-state index contributed by atoms with van der Waals surface area (Å²) in [6.45, 7) is 0. The molecular weight excluding hydrogens is 463 g/mol. The van der Waals surface area contributed by atoms with Crippen molar-refractivity contribution in [3.8, 4) is 23.0 Å². The van der Waals surface area contributed by atoms with Crippen molar-refractivity contribution in [1.29, 1.82) is 0 Å². The molecule has 0 saturated heterocycles. The summed E-state index contributed by atoms with van der Waals surface area (Å²) < 4.78 is 22.6. The lowest BCUT2D eigenvalue weighted by Crippen LogP contribution is -2.33. The molecule has 0 aromatic heterocycles. The van der Waals surface area contributed by atoms with Gasteiger partial charge in [0.2, 0.25) is 6.23 Å². The fourth-order valence-corrected chi connectivity index (χ4v) is 4.85. The Morgan fingerprint density at radius 2 is 1.67 bits per heavy atom. The fraction of sp³-hybridized carbons (Fsp3) is 0.240. The van der Waals surface area contributed by atoms with Crippen molar-refractivity contribution >= 4 is 28.9 Å². The predicted molar refractivity (Wildman–Crippen MR) is 128 cm³/mol. The zero-order chi connectivity index (χ0) is 23.1. The first kappa shape index (κ1) is 21.7. The van der Waals surface area contributed by atoms with Crippen LogP contribution in [0.2, 0.25) is 10.0 Å². The first-order valence-electron chi connectivity index (χ1n) is 10.4. The van der Waals surface area contributed by atoms with Crippen molar-refractivity contribution in [2.24, 2.45) is 5.10 Å². The van der Waals surface area contributed by atoms with E-state index in [1.54, 1.807) is 27.4 Å². The van der Waals surface area contributed by atoms with E-state index in [-0.39, 0.29) is 6.04 Å². The molecule has 0 amide bonds. The molecule has 5 rings (SSSR count). The lowest BCUT2D eigenvalue weighted by Gasteiger charge is -2.38. The number of rotatable bonds is 5. The number of benzene rings is 3. The molecule has 0 radical (unpaired) electrons. The van der Waals surface area contributed by atoms with E-state index in [1.807, 2.05) is 53.5 Å². The van der Waals surface area contributed by atoms with E-state index in [9.17, 15) is 0 Å². The molecule has 2 aliphatic rings. The smallest absolute Gasteiger partial charge is 0.214 e. The van der Waals surface area contributed by atoms with Crippen molar-refractivity contribution < 1.29 is 18.9 Å². The second-order valence-corrected chi connectivity index (χ2v) is 8.61. The molecule has 2 unspecified atom stereocenters. The van der Waals surface area contributed by atoms with E-state index in [1.165, 1.54) is 0 Å². The number of halogens is 2. The van der Waals surface area contributed by atoms with Gasteiger partial charge in [-0.1, -0.05) is 23.2 Å². The highest BCUT2D eigenvalue weighted by Gasteiger charge is 2.42. The van der Waals surface area contributed by atoms with E-state index in [2.05, 4.69) is 0 Å². The molecule has 2 heterocycles. The number of fused-ring (bicyclic) bond motifs is 3. The van der Waals surface area contributed by atoms with Crippen LogP contribution in [0.5, 0.6) is 23.0 Å². The molecule has 0 saturated carbocycles. The van der Waals surface area contributed by atoms with Gasteiger partial charge in [-0.25, -0.2) is 5.01 Å². The van der Waals surface area contributed by atoms with Crippen molar-refractivity contribution in [3.63, 3.8) is 0 Å². The summed E-state index contributed by atoms with van der Waals surface area (Å²) in [5.74, 6) is 2.67. The molecule has 2 aliphatic heterocycles. The van der Waals surface area contributed by atoms with Crippen LogP contribution in [0.15, 0.2) is 59.7 Å². The number of hydrazone groups is 1. The van der Waals surface area contributed by atoms with Crippen LogP contribution in [0.3, 0.4) is 0 Å². The summed E-state index contributed by atoms with van der Waals surface area (Å²) in [5, 5.41) is 7.98. The van der Waals surface area contributed by atoms with Gasteiger partial charge in [0.25, 0.3) is 0 Å². The Kier molecular flexibility index (Phi) is 5.72. The van der Waals surface area contributed by atoms with Crippen LogP contribution in [0.4, 0.5) is 0 Å². The molecule has 0 spiro atoms. The van der Waals surface area contributed by atoms with Gasteiger partial charge in [-0.05, 0) is 60.2 Å². The third-order valence-corrected chi connectivity index (χ3v) is 6.42. The molecule has 170 valence electrons. The van der Waals surface area contributed by atoms with Gasteiger partial charge in [-0.3, -0.25) is 0 Å². The van der Waals surface area contributed by atoms with Crippen LogP contribution < -0.4 is 18.9 Å². The summed E-state index contributed by atoms with van der Waals surface area (Å²) in [6.07, 6.45) is 0.181. The molecule has 8 heteroatoms. The Balaban J connectivity index is 1.60. The number of ether oxygens (including phenoxy) is 4. The van der Waals surface area contributed by atoms with Crippen LogP contribution >= 0.6 is 23.2 Å². The maximum atomic E-state index is 6.56. The second kappa shape index (κ2) is 8.69. The summed E-state index contributed by atoms with van der Waals surface area (Å²) in [4.78, 5) is 0. The molecule has 3 aromatic rings. The van der Waals surface area contributed by atoms with Gasteiger partial charge in [0, 0.05) is 22.6 Å². The van der Waals surface area contributed by atoms with E-state index >= 15 is 0 Å². The van der Waals surface area contributed by atoms with Gasteiger partial charge in [0.15, 0.2) is 11.5 Å². The number of hydrogen-bond donors (Lipinski definition) is 0. The largest absolute Gasteiger partial charge is 0.497 e. The summed E-state index contributed by atoms with van der Waals surface area (Å²) in [5.41, 5.74) is 3.75. The van der Waals surface area contributed by atoms with Crippen molar-refractivity contribution in [3.05, 3.63) is 81.3 Å². The van der Waals surface area contributed by atoms with Crippen LogP contribution in [-0.4, -0.2) is 32.0 Å². The molecule has 33 heavy (non-hydrogen) atoms. The number of hydrogen-bond acceptors (Lipinski definition) is 6. The van der Waals surface area contributed by atoms with E-state index in [0.717, 1.165) is 28.2 Å². The first-order valence-corrected chi connectivity index (χ1v) is 11.2. The zero-order valence-electron chi connectivity index (χ0n) is 18.3. The maximum absolute atomic E-state index is 6.56. The number of nitrogens with zero attached hydrogens (tertiary/aromatic N) is 2. The van der Waals surface area contributed by atoms with Gasteiger partial charge in [0.1, 0.15) is 11.5 Å². The van der Waals surface area contributed by atoms with Gasteiger partial charge in [-0.2, -0.15) is 5.10 Å². The van der Waals surface area contributed by atoms with Gasteiger partial charge >= 0.3 is 0 Å². The maximum Gasteiger partial charge on any atom is 0.214 e. The number of methoxy groups -OCH3 is 3. The van der Waals surface area contributed by atoms with Crippen molar-refractivity contribution in [1.82, 2.24) is 5.01 Å². The molecule has 0 bridgehead atoms. The first-order chi connectivity index (χ1) is 16.0. The minimum Gasteiger partial charge on any atom is -0.497 e. The minimum atomic E-state index is -0.503. The Labute approximate surface area is 202 Å². The molecular formula is C25H22Cl2N2O4. The van der Waals surface area contributed by atoms with Gasteiger partial charge in [0.05, 0.1) is 38.1 Å². The van der Waals surface area contributed by atoms with Crippen molar-refractivity contribution in [2.45, 2.75) is 18.7 Å². The van der Waals surface area contributed by atoms with Gasteiger partial charge < -0.3 is 18.9 Å². The zero-order valence-corrected chi connectivity index (χ0v) is 19.9. The Bertz CT molecular complexity index is 1230. The highest BCUT2D eigenvalue weighted by atomic mass is 35.5. The van der Waals surface area contributed by atoms with Crippen LogP contribution in [-0.2, 0) is 0 Å². The molecule has 0 N–H and O–H groups in total. The minimum absolute atomic E-state index is 0.0832. The second-order valence-electron chi connectivity index (χ2n) is 7.77.